The summed E-state index contributed by atoms with van der Waals surface area (Å²) >= 11 is 0. The van der Waals surface area contributed by atoms with Crippen molar-refractivity contribution in [2.45, 2.75) is 0 Å². The Morgan fingerprint density at radius 2 is 2.26 bits per heavy atom. The Kier molecular flexibility index (Phi) is 3.10. The largest absolute Gasteiger partial charge is 0.463 e. The normalized spacial score (nSPS) is 10.2. The number of nitrogens with two attached hydrogens (primary N) is 1. The summed E-state index contributed by atoms with van der Waals surface area (Å²) in [5.74, 6) is -0.806. The number of carbonyl (C=O) groups excluding carboxylic acids is 1. The van der Waals surface area contributed by atoms with E-state index in [4.69, 9.17) is 5.73 Å². The molecule has 0 bridgehead atoms. The van der Waals surface area contributed by atoms with Crippen LogP contribution in [0.5, 0.6) is 0 Å². The summed E-state index contributed by atoms with van der Waals surface area (Å²) < 4.78 is 5.71. The van der Waals surface area contributed by atoms with Gasteiger partial charge in [-0.05, 0) is 6.07 Å². The number of ether oxygens (including phenoxy) is 1. The number of nitrogens with zero attached hydrogens (tertiary/aromatic N) is 4. The fourth-order valence-corrected chi connectivity index (χ4v) is 1.43. The number of nitro benzene ring substituents is 1. The highest BCUT2D eigenvalue weighted by atomic mass is 16.6. The average molecular weight is 263 g/mol. The number of carbonyl (C=O) groups is 1. The molecule has 0 spiro atoms. The molecular formula is C10H9N5O4. The number of nitrogen functional groups attached to an aromatic ring is 1. The van der Waals surface area contributed by atoms with Gasteiger partial charge in [0, 0.05) is 12.1 Å². The first-order valence-electron chi connectivity index (χ1n) is 5.07. The van der Waals surface area contributed by atoms with E-state index in [1.165, 1.54) is 36.3 Å². The van der Waals surface area contributed by atoms with Crippen molar-refractivity contribution in [3.63, 3.8) is 0 Å². The highest BCUT2D eigenvalue weighted by Gasteiger charge is 2.15. The number of aromatic nitrogens is 3. The number of esters is 1. The van der Waals surface area contributed by atoms with Gasteiger partial charge in [-0.3, -0.25) is 10.1 Å². The summed E-state index contributed by atoms with van der Waals surface area (Å²) in [5, 5.41) is 14.5. The number of hydrogen-bond acceptors (Lipinski definition) is 7. The first kappa shape index (κ1) is 12.5. The Morgan fingerprint density at radius 1 is 1.53 bits per heavy atom. The van der Waals surface area contributed by atoms with Crippen molar-refractivity contribution in [2.24, 2.45) is 0 Å². The molecule has 2 N–H and O–H groups in total. The zero-order valence-electron chi connectivity index (χ0n) is 9.81. The number of hydrogen-bond donors (Lipinski definition) is 1. The zero-order chi connectivity index (χ0) is 14.0. The van der Waals surface area contributed by atoms with Crippen molar-refractivity contribution in [1.29, 1.82) is 0 Å². The summed E-state index contributed by atoms with van der Waals surface area (Å²) in [6.45, 7) is 0. The topological polar surface area (TPSA) is 126 Å². The van der Waals surface area contributed by atoms with Crippen LogP contribution >= 0.6 is 0 Å². The van der Waals surface area contributed by atoms with Crippen LogP contribution in [0.25, 0.3) is 5.69 Å². The van der Waals surface area contributed by atoms with Crippen LogP contribution in [0.3, 0.4) is 0 Å². The van der Waals surface area contributed by atoms with Gasteiger partial charge >= 0.3 is 5.97 Å². The van der Waals surface area contributed by atoms with Crippen molar-refractivity contribution in [3.05, 3.63) is 40.5 Å². The molecule has 98 valence electrons. The smallest absolute Gasteiger partial charge is 0.377 e. The molecule has 0 unspecified atom stereocenters. The van der Waals surface area contributed by atoms with Gasteiger partial charge in [-0.15, -0.1) is 5.10 Å². The molecular weight excluding hydrogens is 254 g/mol. The first-order valence-corrected chi connectivity index (χ1v) is 5.07. The third-order valence-electron chi connectivity index (χ3n) is 2.33. The molecule has 9 heteroatoms. The third kappa shape index (κ3) is 2.34. The molecule has 1 aromatic heterocycles. The van der Waals surface area contributed by atoms with Crippen LogP contribution in [0.4, 0.5) is 11.4 Å². The van der Waals surface area contributed by atoms with E-state index in [0.717, 1.165) is 0 Å². The van der Waals surface area contributed by atoms with Gasteiger partial charge in [0.15, 0.2) is 0 Å². The first-order chi connectivity index (χ1) is 9.02. The molecule has 0 aliphatic heterocycles. The number of non-ortho nitro benzene ring substituents is 1. The second-order valence-corrected chi connectivity index (χ2v) is 3.50. The molecule has 0 fully saturated rings. The average Bonchev–Trinajstić information content (AvgIpc) is 2.87. The second-order valence-electron chi connectivity index (χ2n) is 3.50. The molecule has 2 aromatic rings. The summed E-state index contributed by atoms with van der Waals surface area (Å²) in [7, 11) is 1.21. The van der Waals surface area contributed by atoms with E-state index in [-0.39, 0.29) is 17.2 Å². The maximum Gasteiger partial charge on any atom is 0.377 e. The lowest BCUT2D eigenvalue weighted by Crippen LogP contribution is -2.06. The lowest BCUT2D eigenvalue weighted by atomic mass is 10.2. The molecule has 1 heterocycles. The summed E-state index contributed by atoms with van der Waals surface area (Å²) in [5.41, 5.74) is 6.10. The Morgan fingerprint density at radius 3 is 2.84 bits per heavy atom. The monoisotopic (exact) mass is 263 g/mol. The highest BCUT2D eigenvalue weighted by Crippen LogP contribution is 2.22. The molecule has 0 saturated heterocycles. The minimum atomic E-state index is -0.681. The molecule has 0 saturated carbocycles. The predicted molar refractivity (Wildman–Crippen MR) is 63.8 cm³/mol. The van der Waals surface area contributed by atoms with Gasteiger partial charge < -0.3 is 10.5 Å². The summed E-state index contributed by atoms with van der Waals surface area (Å²) in [6, 6.07) is 3.91. The molecule has 0 atom stereocenters. The van der Waals surface area contributed by atoms with Crippen LogP contribution in [0.1, 0.15) is 10.6 Å². The summed E-state index contributed by atoms with van der Waals surface area (Å²) in [6.07, 6.45) is 1.27. The molecule has 0 aliphatic carbocycles. The quantitative estimate of drug-likeness (QED) is 0.370. The Balaban J connectivity index is 2.39. The Labute approximate surface area is 106 Å². The fourth-order valence-electron chi connectivity index (χ4n) is 1.43. The number of benzene rings is 1. The van der Waals surface area contributed by atoms with Gasteiger partial charge in [0.25, 0.3) is 11.5 Å². The van der Waals surface area contributed by atoms with E-state index in [2.05, 4.69) is 14.8 Å². The minimum absolute atomic E-state index is 0.125. The van der Waals surface area contributed by atoms with Crippen LogP contribution in [0.15, 0.2) is 24.5 Å². The Bertz CT molecular complexity index is 651. The van der Waals surface area contributed by atoms with Gasteiger partial charge in [0.05, 0.1) is 23.4 Å². The van der Waals surface area contributed by atoms with E-state index in [0.29, 0.717) is 5.69 Å². The van der Waals surface area contributed by atoms with E-state index < -0.39 is 10.9 Å². The number of rotatable bonds is 3. The van der Waals surface area contributed by atoms with Crippen molar-refractivity contribution in [1.82, 2.24) is 14.8 Å². The van der Waals surface area contributed by atoms with Crippen molar-refractivity contribution in [3.8, 4) is 5.69 Å². The van der Waals surface area contributed by atoms with Crippen molar-refractivity contribution in [2.75, 3.05) is 12.8 Å². The van der Waals surface area contributed by atoms with Crippen LogP contribution in [0, 0.1) is 10.1 Å². The molecule has 0 radical (unpaired) electrons. The zero-order valence-corrected chi connectivity index (χ0v) is 9.81. The van der Waals surface area contributed by atoms with Crippen molar-refractivity contribution >= 4 is 17.3 Å². The van der Waals surface area contributed by atoms with Crippen LogP contribution in [-0.4, -0.2) is 32.8 Å². The SMILES string of the molecule is COC(=O)c1ncn(-c2ccc([N+](=O)[O-])cc2N)n1. The lowest BCUT2D eigenvalue weighted by molar-refractivity contribution is -0.384. The maximum atomic E-state index is 11.2. The van der Waals surface area contributed by atoms with Gasteiger partial charge in [0.2, 0.25) is 0 Å². The highest BCUT2D eigenvalue weighted by molar-refractivity contribution is 5.84. The third-order valence-corrected chi connectivity index (χ3v) is 2.33. The van der Waals surface area contributed by atoms with Gasteiger partial charge in [-0.2, -0.15) is 0 Å². The van der Waals surface area contributed by atoms with E-state index in [1.54, 1.807) is 0 Å². The van der Waals surface area contributed by atoms with Crippen molar-refractivity contribution < 1.29 is 14.5 Å². The number of methoxy groups -OCH3 is 1. The predicted octanol–water partition coefficient (Wildman–Crippen LogP) is 0.544. The molecule has 2 rings (SSSR count). The fraction of sp³-hybridized carbons (Fsp3) is 0.100. The molecule has 9 nitrogen and oxygen atoms in total. The molecule has 0 amide bonds. The van der Waals surface area contributed by atoms with Gasteiger partial charge in [-0.25, -0.2) is 14.5 Å². The van der Waals surface area contributed by atoms with Gasteiger partial charge in [-0.1, -0.05) is 0 Å². The summed E-state index contributed by atoms with van der Waals surface area (Å²) in [4.78, 5) is 25.0. The number of nitro groups is 1. The van der Waals surface area contributed by atoms with E-state index >= 15 is 0 Å². The molecule has 19 heavy (non-hydrogen) atoms. The molecule has 1 aromatic carbocycles. The van der Waals surface area contributed by atoms with Crippen LogP contribution in [0.2, 0.25) is 0 Å². The van der Waals surface area contributed by atoms with Gasteiger partial charge in [0.1, 0.15) is 6.33 Å². The lowest BCUT2D eigenvalue weighted by Gasteiger charge is -2.03. The van der Waals surface area contributed by atoms with E-state index in [1.807, 2.05) is 0 Å². The maximum absolute atomic E-state index is 11.2. The standard InChI is InChI=1S/C10H9N5O4/c1-19-10(16)9-12-5-14(13-9)8-3-2-6(15(17)18)4-7(8)11/h2-5H,11H2,1H3. The molecule has 0 aliphatic rings. The second kappa shape index (κ2) is 4.72. The van der Waals surface area contributed by atoms with Crippen LogP contribution in [-0.2, 0) is 4.74 Å². The number of anilines is 1. The minimum Gasteiger partial charge on any atom is -0.463 e. The Hall–Kier alpha value is -2.97. The van der Waals surface area contributed by atoms with E-state index in [9.17, 15) is 14.9 Å². The van der Waals surface area contributed by atoms with Crippen LogP contribution < -0.4 is 5.73 Å².